The van der Waals surface area contributed by atoms with Crippen LogP contribution < -0.4 is 4.90 Å². The minimum absolute atomic E-state index is 0.00778. The van der Waals surface area contributed by atoms with Gasteiger partial charge in [0.15, 0.2) is 5.82 Å². The van der Waals surface area contributed by atoms with Crippen LogP contribution in [-0.4, -0.2) is 51.0 Å². The van der Waals surface area contributed by atoms with E-state index in [2.05, 4.69) is 24.9 Å². The molecule has 5 rings (SSSR count). The molecular weight excluding hydrogens is 440 g/mol. The van der Waals surface area contributed by atoms with Gasteiger partial charge in [0.25, 0.3) is 5.91 Å². The first-order chi connectivity index (χ1) is 17.0. The molecule has 180 valence electrons. The Morgan fingerprint density at radius 2 is 1.91 bits per heavy atom. The van der Waals surface area contributed by atoms with Gasteiger partial charge in [-0.2, -0.15) is 0 Å². The van der Waals surface area contributed by atoms with E-state index in [-0.39, 0.29) is 30.9 Å². The molecule has 1 aromatic heterocycles. The number of amides is 2. The predicted molar refractivity (Wildman–Crippen MR) is 134 cm³/mol. The molecule has 1 saturated heterocycles. The zero-order valence-corrected chi connectivity index (χ0v) is 20.1. The highest BCUT2D eigenvalue weighted by Crippen LogP contribution is 2.32. The van der Waals surface area contributed by atoms with Gasteiger partial charge in [-0.05, 0) is 42.0 Å². The highest BCUT2D eigenvalue weighted by Gasteiger charge is 2.31. The lowest BCUT2D eigenvalue weighted by Gasteiger charge is -2.23. The molecule has 1 atom stereocenters. The van der Waals surface area contributed by atoms with Crippen LogP contribution in [0.5, 0.6) is 0 Å². The average Bonchev–Trinajstić information content (AvgIpc) is 3.48. The molecule has 7 heteroatoms. The number of aliphatic hydroxyl groups is 1. The molecule has 0 radical (unpaired) electrons. The third-order valence-corrected chi connectivity index (χ3v) is 6.95. The fourth-order valence-corrected chi connectivity index (χ4v) is 5.02. The minimum Gasteiger partial charge on any atom is -0.394 e. The number of nitrogens with zero attached hydrogens (tertiary/aromatic N) is 4. The first-order valence-electron chi connectivity index (χ1n) is 12.2. The van der Waals surface area contributed by atoms with Crippen molar-refractivity contribution in [1.82, 2.24) is 14.9 Å². The van der Waals surface area contributed by atoms with E-state index in [0.29, 0.717) is 36.2 Å². The lowest BCUT2D eigenvalue weighted by Crippen LogP contribution is -2.37. The molecule has 35 heavy (non-hydrogen) atoms. The summed E-state index contributed by atoms with van der Waals surface area (Å²) < 4.78 is 0. The zero-order valence-electron chi connectivity index (χ0n) is 20.1. The standard InChI is InChI=1S/C28H30N4O3/c1-18(2)23-7-3-4-8-24(23)26-29-15-21-14-25(34)32(27(21)30-26)16-19-9-11-20(12-10-19)28(35)31-13-5-6-22(31)17-33/h3-4,7-12,15,18,22,33H,5-6,13-14,16-17H2,1-2H3/t22-/m0/s1. The molecule has 7 nitrogen and oxygen atoms in total. The Morgan fingerprint density at radius 3 is 2.66 bits per heavy atom. The van der Waals surface area contributed by atoms with Crippen molar-refractivity contribution in [3.63, 3.8) is 0 Å². The van der Waals surface area contributed by atoms with E-state index in [9.17, 15) is 14.7 Å². The SMILES string of the molecule is CC(C)c1ccccc1-c1ncc2c(n1)N(Cc1ccc(C(=O)N3CCC[C@H]3CO)cc1)C(=O)C2. The predicted octanol–water partition coefficient (Wildman–Crippen LogP) is 3.95. The van der Waals surface area contributed by atoms with Crippen molar-refractivity contribution in [1.29, 1.82) is 0 Å². The molecule has 0 unspecified atom stereocenters. The van der Waals surface area contributed by atoms with Gasteiger partial charge in [-0.1, -0.05) is 50.2 Å². The highest BCUT2D eigenvalue weighted by molar-refractivity contribution is 6.00. The number of aromatic nitrogens is 2. The number of aliphatic hydroxyl groups excluding tert-OH is 1. The summed E-state index contributed by atoms with van der Waals surface area (Å²) in [5.41, 5.74) is 4.50. The summed E-state index contributed by atoms with van der Waals surface area (Å²) in [5, 5.41) is 9.53. The van der Waals surface area contributed by atoms with Crippen LogP contribution in [0.1, 0.15) is 59.7 Å². The number of hydrogen-bond acceptors (Lipinski definition) is 5. The second kappa shape index (κ2) is 9.58. The fraction of sp³-hybridized carbons (Fsp3) is 0.357. The molecule has 3 aromatic rings. The van der Waals surface area contributed by atoms with Gasteiger partial charge in [-0.15, -0.1) is 0 Å². The van der Waals surface area contributed by atoms with Gasteiger partial charge in [0, 0.05) is 29.4 Å². The molecule has 0 bridgehead atoms. The van der Waals surface area contributed by atoms with Gasteiger partial charge in [0.05, 0.1) is 25.6 Å². The van der Waals surface area contributed by atoms with Crippen LogP contribution in [0.2, 0.25) is 0 Å². The molecule has 1 N–H and O–H groups in total. The van der Waals surface area contributed by atoms with Gasteiger partial charge in [0.1, 0.15) is 5.82 Å². The molecule has 2 aromatic carbocycles. The van der Waals surface area contributed by atoms with Crippen molar-refractivity contribution in [2.75, 3.05) is 18.1 Å². The Labute approximate surface area is 205 Å². The number of carbonyl (C=O) groups is 2. The number of anilines is 1. The van der Waals surface area contributed by atoms with E-state index in [4.69, 9.17) is 4.98 Å². The molecule has 0 saturated carbocycles. The summed E-state index contributed by atoms with van der Waals surface area (Å²) in [7, 11) is 0. The second-order valence-electron chi connectivity index (χ2n) is 9.62. The van der Waals surface area contributed by atoms with Crippen molar-refractivity contribution in [3.05, 3.63) is 77.0 Å². The molecule has 3 heterocycles. The maximum absolute atomic E-state index is 12.9. The monoisotopic (exact) mass is 470 g/mol. The minimum atomic E-state index is -0.101. The summed E-state index contributed by atoms with van der Waals surface area (Å²) in [6, 6.07) is 15.4. The summed E-state index contributed by atoms with van der Waals surface area (Å²) in [4.78, 5) is 38.6. The first-order valence-corrected chi connectivity index (χ1v) is 12.2. The van der Waals surface area contributed by atoms with Crippen LogP contribution in [0.3, 0.4) is 0 Å². The summed E-state index contributed by atoms with van der Waals surface area (Å²) in [5.74, 6) is 1.54. The van der Waals surface area contributed by atoms with Crippen LogP contribution in [0, 0.1) is 0 Å². The van der Waals surface area contributed by atoms with Crippen LogP contribution in [0.25, 0.3) is 11.4 Å². The third-order valence-electron chi connectivity index (χ3n) is 6.95. The highest BCUT2D eigenvalue weighted by atomic mass is 16.3. The number of fused-ring (bicyclic) bond motifs is 1. The Hall–Kier alpha value is -3.58. The second-order valence-corrected chi connectivity index (χ2v) is 9.62. The number of hydrogen-bond donors (Lipinski definition) is 1. The van der Waals surface area contributed by atoms with Crippen LogP contribution in [0.15, 0.2) is 54.7 Å². The van der Waals surface area contributed by atoms with Gasteiger partial charge in [-0.3, -0.25) is 14.5 Å². The summed E-state index contributed by atoms with van der Waals surface area (Å²) >= 11 is 0. The number of rotatable bonds is 6. The third kappa shape index (κ3) is 4.44. The Kier molecular flexibility index (Phi) is 6.34. The van der Waals surface area contributed by atoms with Crippen LogP contribution in [0.4, 0.5) is 5.82 Å². The number of carbonyl (C=O) groups excluding carboxylic acids is 2. The summed E-state index contributed by atoms with van der Waals surface area (Å²) in [6.45, 7) is 5.33. The van der Waals surface area contributed by atoms with Gasteiger partial charge in [-0.25, -0.2) is 9.97 Å². The van der Waals surface area contributed by atoms with Crippen LogP contribution in [-0.2, 0) is 17.8 Å². The van der Waals surface area contributed by atoms with Crippen molar-refractivity contribution < 1.29 is 14.7 Å². The van der Waals surface area contributed by atoms with E-state index in [0.717, 1.165) is 29.5 Å². The molecule has 1 fully saturated rings. The molecule has 2 aliphatic heterocycles. The quantitative estimate of drug-likeness (QED) is 0.590. The van der Waals surface area contributed by atoms with Crippen molar-refractivity contribution in [2.45, 2.75) is 51.6 Å². The number of likely N-dealkylation sites (tertiary alicyclic amines) is 1. The van der Waals surface area contributed by atoms with Crippen molar-refractivity contribution in [2.24, 2.45) is 0 Å². The summed E-state index contributed by atoms with van der Waals surface area (Å²) in [6.07, 6.45) is 3.80. The lowest BCUT2D eigenvalue weighted by atomic mass is 9.97. The molecule has 2 amide bonds. The van der Waals surface area contributed by atoms with Gasteiger partial charge in [0.2, 0.25) is 5.91 Å². The molecule has 0 aliphatic carbocycles. The maximum atomic E-state index is 12.9. The molecular formula is C28H30N4O3. The average molecular weight is 471 g/mol. The largest absolute Gasteiger partial charge is 0.394 e. The Balaban J connectivity index is 1.38. The van der Waals surface area contributed by atoms with Crippen molar-refractivity contribution in [3.8, 4) is 11.4 Å². The van der Waals surface area contributed by atoms with E-state index in [1.807, 2.05) is 30.3 Å². The van der Waals surface area contributed by atoms with Crippen LogP contribution >= 0.6 is 0 Å². The molecule has 2 aliphatic rings. The van der Waals surface area contributed by atoms with E-state index >= 15 is 0 Å². The van der Waals surface area contributed by atoms with E-state index in [1.165, 1.54) is 5.56 Å². The Bertz CT molecular complexity index is 1260. The first kappa shape index (κ1) is 23.2. The Morgan fingerprint density at radius 1 is 1.14 bits per heavy atom. The molecule has 0 spiro atoms. The van der Waals surface area contributed by atoms with E-state index < -0.39 is 0 Å². The van der Waals surface area contributed by atoms with E-state index in [1.54, 1.807) is 28.1 Å². The fourth-order valence-electron chi connectivity index (χ4n) is 5.02. The normalized spacial score (nSPS) is 17.4. The topological polar surface area (TPSA) is 86.6 Å². The van der Waals surface area contributed by atoms with Crippen molar-refractivity contribution >= 4 is 17.6 Å². The smallest absolute Gasteiger partial charge is 0.254 e. The van der Waals surface area contributed by atoms with Gasteiger partial charge >= 0.3 is 0 Å². The zero-order chi connectivity index (χ0) is 24.5. The number of benzene rings is 2. The lowest BCUT2D eigenvalue weighted by molar-refractivity contribution is -0.117. The van der Waals surface area contributed by atoms with Gasteiger partial charge < -0.3 is 10.0 Å². The maximum Gasteiger partial charge on any atom is 0.254 e.